The van der Waals surface area contributed by atoms with Crippen molar-refractivity contribution in [2.24, 2.45) is 5.73 Å². The second kappa shape index (κ2) is 8.14. The second-order valence-corrected chi connectivity index (χ2v) is 9.40. The molecule has 1 fully saturated rings. The number of carbonyl (C=O) groups excluding carboxylic acids is 2. The Balaban J connectivity index is 1.65. The smallest absolute Gasteiger partial charge is 0.198 e. The van der Waals surface area contributed by atoms with Crippen molar-refractivity contribution < 1.29 is 39.5 Å². The summed E-state index contributed by atoms with van der Waals surface area (Å²) < 4.78 is 11.6. The molecular formula is C25H27NO8. The minimum Gasteiger partial charge on any atom is -0.507 e. The minimum atomic E-state index is -1.04. The molecule has 2 aromatic rings. The van der Waals surface area contributed by atoms with Gasteiger partial charge in [0.15, 0.2) is 17.9 Å². The van der Waals surface area contributed by atoms with Crippen LogP contribution < -0.4 is 5.73 Å². The summed E-state index contributed by atoms with van der Waals surface area (Å²) in [5.74, 6) is -1.91. The Bertz CT molecular complexity index is 1190. The Kier molecular flexibility index (Phi) is 5.50. The highest BCUT2D eigenvalue weighted by molar-refractivity contribution is 6.30. The van der Waals surface area contributed by atoms with Gasteiger partial charge in [-0.3, -0.25) is 9.59 Å². The molecule has 0 saturated carbocycles. The third kappa shape index (κ3) is 3.43. The molecule has 1 saturated heterocycles. The molecule has 2 aromatic carbocycles. The van der Waals surface area contributed by atoms with E-state index in [1.54, 1.807) is 12.1 Å². The number of benzene rings is 2. The predicted molar refractivity (Wildman–Crippen MR) is 119 cm³/mol. The van der Waals surface area contributed by atoms with Crippen LogP contribution in [0.5, 0.6) is 11.5 Å². The van der Waals surface area contributed by atoms with Gasteiger partial charge in [0.2, 0.25) is 0 Å². The average molecular weight is 469 g/mol. The van der Waals surface area contributed by atoms with Gasteiger partial charge in [-0.15, -0.1) is 0 Å². The first-order valence-electron chi connectivity index (χ1n) is 11.4. The molecule has 0 unspecified atom stereocenters. The number of carbonyl (C=O) groups is 2. The predicted octanol–water partition coefficient (Wildman–Crippen LogP) is 1.45. The topological polar surface area (TPSA) is 160 Å². The van der Waals surface area contributed by atoms with E-state index >= 15 is 0 Å². The number of rotatable bonds is 3. The lowest BCUT2D eigenvalue weighted by Gasteiger charge is -2.42. The molecule has 0 aromatic heterocycles. The van der Waals surface area contributed by atoms with E-state index in [1.807, 2.05) is 6.92 Å². The summed E-state index contributed by atoms with van der Waals surface area (Å²) in [5.41, 5.74) is 6.06. The van der Waals surface area contributed by atoms with Crippen molar-refractivity contribution in [3.63, 3.8) is 0 Å². The van der Waals surface area contributed by atoms with Crippen LogP contribution >= 0.6 is 0 Å². The van der Waals surface area contributed by atoms with Gasteiger partial charge in [-0.2, -0.15) is 0 Å². The number of hydrogen-bond donors (Lipinski definition) is 5. The molecule has 9 heteroatoms. The molecule has 0 amide bonds. The van der Waals surface area contributed by atoms with Gasteiger partial charge in [0.05, 0.1) is 29.9 Å². The lowest BCUT2D eigenvalue weighted by atomic mass is 9.71. The molecule has 5 rings (SSSR count). The number of nitrogens with two attached hydrogens (primary N) is 1. The summed E-state index contributed by atoms with van der Waals surface area (Å²) >= 11 is 0. The number of ether oxygens (including phenoxy) is 2. The number of fused-ring (bicyclic) bond motifs is 3. The third-order valence-corrected chi connectivity index (χ3v) is 7.25. The number of aromatic hydroxyl groups is 2. The first-order valence-corrected chi connectivity index (χ1v) is 11.4. The Labute approximate surface area is 195 Å². The van der Waals surface area contributed by atoms with Crippen LogP contribution in [0.1, 0.15) is 75.3 Å². The van der Waals surface area contributed by atoms with E-state index in [0.29, 0.717) is 6.42 Å². The molecule has 0 bridgehead atoms. The van der Waals surface area contributed by atoms with E-state index in [1.165, 1.54) is 12.1 Å². The molecule has 9 nitrogen and oxygen atoms in total. The maximum atomic E-state index is 13.3. The summed E-state index contributed by atoms with van der Waals surface area (Å²) in [7, 11) is 0. The lowest BCUT2D eigenvalue weighted by Crippen LogP contribution is -2.48. The van der Waals surface area contributed by atoms with Crippen molar-refractivity contribution in [2.75, 3.05) is 6.61 Å². The van der Waals surface area contributed by atoms with Gasteiger partial charge in [0, 0.05) is 34.2 Å². The van der Waals surface area contributed by atoms with Crippen LogP contribution in [-0.2, 0) is 15.9 Å². The minimum absolute atomic E-state index is 0.000820. The average Bonchev–Trinajstić information content (AvgIpc) is 2.82. The normalized spacial score (nSPS) is 30.5. The lowest BCUT2D eigenvalue weighted by molar-refractivity contribution is -0.238. The Morgan fingerprint density at radius 3 is 2.26 bits per heavy atom. The van der Waals surface area contributed by atoms with Crippen LogP contribution in [0.4, 0.5) is 0 Å². The Morgan fingerprint density at radius 2 is 1.68 bits per heavy atom. The molecule has 1 heterocycles. The van der Waals surface area contributed by atoms with Crippen molar-refractivity contribution in [1.82, 2.24) is 0 Å². The first-order chi connectivity index (χ1) is 16.1. The zero-order chi connectivity index (χ0) is 24.4. The molecule has 0 spiro atoms. The largest absolute Gasteiger partial charge is 0.507 e. The highest BCUT2D eigenvalue weighted by atomic mass is 16.7. The molecule has 180 valence electrons. The van der Waals surface area contributed by atoms with Crippen LogP contribution in [0.2, 0.25) is 0 Å². The number of phenolic OH excluding ortho intramolecular Hbond substituents is 2. The standard InChI is InChI=1S/C25H27NO8/c1-2-25(26)8-13-18(16(9-25)34-17-7-14(27)15(28)10-33-17)24(32)20-19(23(13)31)21(29)11-5-3-4-6-12(11)22(20)30/h3-6,14-17,27-28,31-32H,2,7-10,26H2,1H3/t14-,15+,16-,17-,25-/m0/s1. The van der Waals surface area contributed by atoms with E-state index in [4.69, 9.17) is 15.2 Å². The molecular weight excluding hydrogens is 442 g/mol. The molecule has 0 radical (unpaired) electrons. The van der Waals surface area contributed by atoms with Crippen LogP contribution in [0, 0.1) is 0 Å². The van der Waals surface area contributed by atoms with Crippen molar-refractivity contribution in [1.29, 1.82) is 0 Å². The molecule has 34 heavy (non-hydrogen) atoms. The second-order valence-electron chi connectivity index (χ2n) is 9.40. The number of phenols is 2. The van der Waals surface area contributed by atoms with Crippen LogP contribution in [0.25, 0.3) is 0 Å². The fourth-order valence-corrected chi connectivity index (χ4v) is 5.21. The zero-order valence-corrected chi connectivity index (χ0v) is 18.7. The van der Waals surface area contributed by atoms with Crippen molar-refractivity contribution >= 4 is 11.6 Å². The molecule has 3 aliphatic rings. The molecule has 5 atom stereocenters. The molecule has 1 aliphatic heterocycles. The summed E-state index contributed by atoms with van der Waals surface area (Å²) in [6, 6.07) is 6.28. The van der Waals surface area contributed by atoms with Gasteiger partial charge < -0.3 is 35.6 Å². The zero-order valence-electron chi connectivity index (χ0n) is 18.7. The highest BCUT2D eigenvalue weighted by Gasteiger charge is 2.45. The van der Waals surface area contributed by atoms with Crippen LogP contribution in [0.3, 0.4) is 0 Å². The third-order valence-electron chi connectivity index (χ3n) is 7.25. The van der Waals surface area contributed by atoms with Gasteiger partial charge in [0.25, 0.3) is 0 Å². The van der Waals surface area contributed by atoms with E-state index in [-0.39, 0.29) is 65.0 Å². The quantitative estimate of drug-likeness (QED) is 0.358. The van der Waals surface area contributed by atoms with E-state index in [2.05, 4.69) is 0 Å². The maximum absolute atomic E-state index is 13.3. The fourth-order valence-electron chi connectivity index (χ4n) is 5.21. The van der Waals surface area contributed by atoms with Gasteiger partial charge >= 0.3 is 0 Å². The molecule has 2 aliphatic carbocycles. The first kappa shape index (κ1) is 22.9. The van der Waals surface area contributed by atoms with Crippen molar-refractivity contribution in [3.05, 3.63) is 57.6 Å². The van der Waals surface area contributed by atoms with Gasteiger partial charge in [-0.1, -0.05) is 31.2 Å². The van der Waals surface area contributed by atoms with Gasteiger partial charge in [-0.05, 0) is 19.3 Å². The maximum Gasteiger partial charge on any atom is 0.198 e. The highest BCUT2D eigenvalue weighted by Crippen LogP contribution is 2.51. The van der Waals surface area contributed by atoms with E-state index < -0.39 is 47.5 Å². The number of hydrogen-bond acceptors (Lipinski definition) is 9. The SMILES string of the molecule is CC[C@]1(N)Cc2c(O)c3c(c(O)c2[C@@H](O[C@H]2C[C@H](O)[C@H](O)CO2)C1)C(=O)c1ccccc1C3=O. The summed E-state index contributed by atoms with van der Waals surface area (Å²) in [6.07, 6.45) is -2.91. The number of aliphatic hydroxyl groups excluding tert-OH is 2. The van der Waals surface area contributed by atoms with Crippen LogP contribution in [-0.4, -0.2) is 62.6 Å². The van der Waals surface area contributed by atoms with Gasteiger partial charge in [-0.25, -0.2) is 0 Å². The number of ketones is 2. The van der Waals surface area contributed by atoms with Crippen molar-refractivity contribution in [3.8, 4) is 11.5 Å². The summed E-state index contributed by atoms with van der Waals surface area (Å²) in [6.45, 7) is 1.76. The summed E-state index contributed by atoms with van der Waals surface area (Å²) in [5, 5.41) is 42.3. The Hall–Kier alpha value is -2.82. The van der Waals surface area contributed by atoms with Gasteiger partial charge in [0.1, 0.15) is 17.6 Å². The summed E-state index contributed by atoms with van der Waals surface area (Å²) in [4.78, 5) is 26.5. The molecule has 6 N–H and O–H groups in total. The van der Waals surface area contributed by atoms with Crippen molar-refractivity contribution in [2.45, 2.75) is 62.7 Å². The fraction of sp³-hybridized carbons (Fsp3) is 0.440. The Morgan fingerprint density at radius 1 is 1.06 bits per heavy atom. The van der Waals surface area contributed by atoms with Crippen LogP contribution in [0.15, 0.2) is 24.3 Å². The van der Waals surface area contributed by atoms with E-state index in [0.717, 1.165) is 0 Å². The monoisotopic (exact) mass is 469 g/mol. The number of aliphatic hydroxyl groups is 2. The van der Waals surface area contributed by atoms with E-state index in [9.17, 15) is 30.0 Å².